The second kappa shape index (κ2) is 8.16. The molecule has 0 fully saturated rings. The van der Waals surface area contributed by atoms with E-state index in [4.69, 9.17) is 0 Å². The summed E-state index contributed by atoms with van der Waals surface area (Å²) >= 11 is 0. The minimum atomic E-state index is -3.53. The highest BCUT2D eigenvalue weighted by Crippen LogP contribution is 2.10. The SMILES string of the molecule is CCCCC(C)NS(=O)(=O)c1cnc(NCCC)nc1. The van der Waals surface area contributed by atoms with Gasteiger partial charge >= 0.3 is 0 Å². The molecule has 1 rings (SSSR count). The zero-order valence-corrected chi connectivity index (χ0v) is 13.2. The van der Waals surface area contributed by atoms with Gasteiger partial charge in [0.25, 0.3) is 0 Å². The lowest BCUT2D eigenvalue weighted by Crippen LogP contribution is -2.32. The minimum absolute atomic E-state index is 0.0853. The number of nitrogens with zero attached hydrogens (tertiary/aromatic N) is 2. The van der Waals surface area contributed by atoms with E-state index >= 15 is 0 Å². The van der Waals surface area contributed by atoms with E-state index in [-0.39, 0.29) is 10.9 Å². The van der Waals surface area contributed by atoms with Gasteiger partial charge in [-0.15, -0.1) is 0 Å². The van der Waals surface area contributed by atoms with Crippen molar-refractivity contribution in [3.05, 3.63) is 12.4 Å². The fourth-order valence-electron chi connectivity index (χ4n) is 1.69. The number of aromatic nitrogens is 2. The Bertz CT molecular complexity index is 488. The third-order valence-electron chi connectivity index (χ3n) is 2.82. The Morgan fingerprint density at radius 1 is 1.20 bits per heavy atom. The van der Waals surface area contributed by atoms with Crippen LogP contribution in [0.4, 0.5) is 5.95 Å². The van der Waals surface area contributed by atoms with Crippen molar-refractivity contribution < 1.29 is 8.42 Å². The van der Waals surface area contributed by atoms with Crippen LogP contribution >= 0.6 is 0 Å². The van der Waals surface area contributed by atoms with E-state index in [2.05, 4.69) is 26.9 Å². The molecule has 2 N–H and O–H groups in total. The largest absolute Gasteiger partial charge is 0.354 e. The van der Waals surface area contributed by atoms with Crippen molar-refractivity contribution in [1.82, 2.24) is 14.7 Å². The van der Waals surface area contributed by atoms with Crippen LogP contribution in [-0.4, -0.2) is 31.0 Å². The van der Waals surface area contributed by atoms with Gasteiger partial charge < -0.3 is 5.32 Å². The van der Waals surface area contributed by atoms with Crippen LogP contribution in [0.25, 0.3) is 0 Å². The van der Waals surface area contributed by atoms with Crippen molar-refractivity contribution in [3.63, 3.8) is 0 Å². The average molecular weight is 300 g/mol. The lowest BCUT2D eigenvalue weighted by atomic mass is 10.2. The molecule has 1 aromatic heterocycles. The predicted octanol–water partition coefficient (Wildman–Crippen LogP) is 2.16. The maximum absolute atomic E-state index is 12.1. The van der Waals surface area contributed by atoms with Crippen molar-refractivity contribution >= 4 is 16.0 Å². The molecule has 0 saturated carbocycles. The second-order valence-electron chi connectivity index (χ2n) is 4.83. The van der Waals surface area contributed by atoms with Crippen LogP contribution in [0.3, 0.4) is 0 Å². The zero-order chi connectivity index (χ0) is 15.0. The molecule has 0 aliphatic heterocycles. The summed E-state index contributed by atoms with van der Waals surface area (Å²) in [7, 11) is -3.53. The Morgan fingerprint density at radius 2 is 1.85 bits per heavy atom. The smallest absolute Gasteiger partial charge is 0.243 e. The maximum atomic E-state index is 12.1. The molecule has 0 spiro atoms. The number of sulfonamides is 1. The van der Waals surface area contributed by atoms with Gasteiger partial charge in [-0.25, -0.2) is 23.1 Å². The van der Waals surface area contributed by atoms with Crippen molar-refractivity contribution in [2.45, 2.75) is 57.4 Å². The molecule has 7 heteroatoms. The highest BCUT2D eigenvalue weighted by molar-refractivity contribution is 7.89. The normalized spacial score (nSPS) is 13.2. The summed E-state index contributed by atoms with van der Waals surface area (Å²) in [6.45, 7) is 6.74. The molecule has 0 aliphatic carbocycles. The van der Waals surface area contributed by atoms with Gasteiger partial charge in [-0.3, -0.25) is 0 Å². The Kier molecular flexibility index (Phi) is 6.87. The summed E-state index contributed by atoms with van der Waals surface area (Å²) < 4.78 is 26.9. The van der Waals surface area contributed by atoms with Crippen LogP contribution in [0.1, 0.15) is 46.5 Å². The fourth-order valence-corrected chi connectivity index (χ4v) is 2.85. The van der Waals surface area contributed by atoms with E-state index in [9.17, 15) is 8.42 Å². The van der Waals surface area contributed by atoms with Gasteiger partial charge in [0.2, 0.25) is 16.0 Å². The molecule has 114 valence electrons. The summed E-state index contributed by atoms with van der Waals surface area (Å²) in [6.07, 6.45) is 6.50. The molecule has 20 heavy (non-hydrogen) atoms. The van der Waals surface area contributed by atoms with Gasteiger partial charge in [0.15, 0.2) is 0 Å². The highest BCUT2D eigenvalue weighted by atomic mass is 32.2. The highest BCUT2D eigenvalue weighted by Gasteiger charge is 2.18. The summed E-state index contributed by atoms with van der Waals surface area (Å²) in [5.74, 6) is 0.449. The Labute approximate surface area is 121 Å². The summed E-state index contributed by atoms with van der Waals surface area (Å²) in [6, 6.07) is -0.0853. The average Bonchev–Trinajstić information content (AvgIpc) is 2.43. The van der Waals surface area contributed by atoms with Crippen LogP contribution in [0.15, 0.2) is 17.3 Å². The van der Waals surface area contributed by atoms with E-state index in [1.807, 2.05) is 13.8 Å². The molecule has 0 bridgehead atoms. The molecule has 1 heterocycles. The van der Waals surface area contributed by atoms with E-state index in [1.165, 1.54) is 12.4 Å². The van der Waals surface area contributed by atoms with Crippen LogP contribution in [-0.2, 0) is 10.0 Å². The molecule has 1 aromatic rings. The summed E-state index contributed by atoms with van der Waals surface area (Å²) in [4.78, 5) is 8.12. The van der Waals surface area contributed by atoms with Gasteiger partial charge in [0.1, 0.15) is 4.90 Å². The molecule has 0 aliphatic rings. The number of hydrogen-bond acceptors (Lipinski definition) is 5. The first-order valence-electron chi connectivity index (χ1n) is 7.07. The molecular formula is C13H24N4O2S. The zero-order valence-electron chi connectivity index (χ0n) is 12.4. The molecule has 0 amide bonds. The van der Waals surface area contributed by atoms with Crippen molar-refractivity contribution in [2.24, 2.45) is 0 Å². The fraction of sp³-hybridized carbons (Fsp3) is 0.692. The first kappa shape index (κ1) is 16.8. The van der Waals surface area contributed by atoms with Crippen molar-refractivity contribution in [1.29, 1.82) is 0 Å². The third-order valence-corrected chi connectivity index (χ3v) is 4.36. The quantitative estimate of drug-likeness (QED) is 0.730. The van der Waals surface area contributed by atoms with Crippen LogP contribution < -0.4 is 10.0 Å². The van der Waals surface area contributed by atoms with E-state index in [0.717, 1.165) is 32.2 Å². The Balaban J connectivity index is 2.67. The second-order valence-corrected chi connectivity index (χ2v) is 6.55. The van der Waals surface area contributed by atoms with Crippen LogP contribution in [0, 0.1) is 0 Å². The predicted molar refractivity (Wildman–Crippen MR) is 80.1 cm³/mol. The van der Waals surface area contributed by atoms with E-state index < -0.39 is 10.0 Å². The van der Waals surface area contributed by atoms with Crippen molar-refractivity contribution in [2.75, 3.05) is 11.9 Å². The minimum Gasteiger partial charge on any atom is -0.354 e. The standard InChI is InChI=1S/C13H24N4O2S/c1-4-6-7-11(3)17-20(18,19)12-9-15-13(16-10-12)14-8-5-2/h9-11,17H,4-8H2,1-3H3,(H,14,15,16). The number of hydrogen-bond donors (Lipinski definition) is 2. The maximum Gasteiger partial charge on any atom is 0.243 e. The lowest BCUT2D eigenvalue weighted by molar-refractivity contribution is 0.533. The molecule has 6 nitrogen and oxygen atoms in total. The lowest BCUT2D eigenvalue weighted by Gasteiger charge is -2.13. The number of unbranched alkanes of at least 4 members (excludes halogenated alkanes) is 1. The third kappa shape index (κ3) is 5.42. The first-order valence-corrected chi connectivity index (χ1v) is 8.56. The molecule has 1 atom stereocenters. The van der Waals surface area contributed by atoms with E-state index in [0.29, 0.717) is 5.95 Å². The molecule has 0 radical (unpaired) electrons. The summed E-state index contributed by atoms with van der Waals surface area (Å²) in [5, 5.41) is 3.00. The molecule has 0 saturated heterocycles. The van der Waals surface area contributed by atoms with Gasteiger partial charge in [0.05, 0.1) is 12.4 Å². The molecular weight excluding hydrogens is 276 g/mol. The van der Waals surface area contributed by atoms with Gasteiger partial charge in [-0.1, -0.05) is 26.7 Å². The first-order chi connectivity index (χ1) is 9.49. The topological polar surface area (TPSA) is 84.0 Å². The molecule has 1 unspecified atom stereocenters. The van der Waals surface area contributed by atoms with Crippen molar-refractivity contribution in [3.8, 4) is 0 Å². The number of nitrogens with one attached hydrogen (secondary N) is 2. The Hall–Kier alpha value is -1.21. The number of anilines is 1. The van der Waals surface area contributed by atoms with E-state index in [1.54, 1.807) is 0 Å². The monoisotopic (exact) mass is 300 g/mol. The van der Waals surface area contributed by atoms with Gasteiger partial charge in [0, 0.05) is 12.6 Å². The van der Waals surface area contributed by atoms with Crippen LogP contribution in [0.5, 0.6) is 0 Å². The number of rotatable bonds is 9. The van der Waals surface area contributed by atoms with Gasteiger partial charge in [-0.05, 0) is 19.8 Å². The van der Waals surface area contributed by atoms with Gasteiger partial charge in [-0.2, -0.15) is 0 Å². The Morgan fingerprint density at radius 3 is 2.40 bits per heavy atom. The summed E-state index contributed by atoms with van der Waals surface area (Å²) in [5.41, 5.74) is 0. The molecule has 0 aromatic carbocycles. The van der Waals surface area contributed by atoms with Crippen LogP contribution in [0.2, 0.25) is 0 Å².